The van der Waals surface area contributed by atoms with Crippen LogP contribution in [-0.4, -0.2) is 17.0 Å². The Hall–Kier alpha value is -1.23. The number of hydrogen-bond acceptors (Lipinski definition) is 1. The minimum Gasteiger partial charge on any atom is -0.481 e. The van der Waals surface area contributed by atoms with Gasteiger partial charge >= 0.3 is 5.97 Å². The molecule has 1 N–H and O–H groups in total. The van der Waals surface area contributed by atoms with Crippen LogP contribution >= 0.6 is 11.6 Å². The fourth-order valence-electron chi connectivity index (χ4n) is 1.39. The predicted molar refractivity (Wildman–Crippen MR) is 57.1 cm³/mol. The Balaban J connectivity index is 2.95. The molecule has 6 heteroatoms. The van der Waals surface area contributed by atoms with Crippen molar-refractivity contribution in [1.29, 1.82) is 0 Å². The molecule has 0 spiro atoms. The molecule has 1 aromatic carbocycles. The predicted octanol–water partition coefficient (Wildman–Crippen LogP) is 3.44. The lowest BCUT2D eigenvalue weighted by molar-refractivity contribution is -0.144. The number of aliphatic carboxylic acids is 1. The molecular weight excluding hydrogens is 257 g/mol. The second-order valence-electron chi connectivity index (χ2n) is 3.80. The van der Waals surface area contributed by atoms with E-state index in [1.807, 2.05) is 0 Å². The number of rotatable bonds is 4. The zero-order valence-corrected chi connectivity index (χ0v) is 9.69. The van der Waals surface area contributed by atoms with E-state index in [1.54, 1.807) is 0 Å². The largest absolute Gasteiger partial charge is 0.481 e. The molecule has 0 saturated carbocycles. The third kappa shape index (κ3) is 3.93. The van der Waals surface area contributed by atoms with E-state index in [1.165, 1.54) is 13.0 Å². The van der Waals surface area contributed by atoms with Gasteiger partial charge in [-0.25, -0.2) is 13.2 Å². The highest BCUT2D eigenvalue weighted by Crippen LogP contribution is 2.29. The normalized spacial score (nSPS) is 11.6. The second-order valence-corrected chi connectivity index (χ2v) is 4.20. The molecule has 0 saturated heterocycles. The molecule has 94 valence electrons. The molecule has 0 atom stereocenters. The summed E-state index contributed by atoms with van der Waals surface area (Å²) in [6.07, 6.45) is -2.20. The Morgan fingerprint density at radius 2 is 2.06 bits per heavy atom. The topological polar surface area (TPSA) is 37.3 Å². The molecule has 2 nitrogen and oxygen atoms in total. The van der Waals surface area contributed by atoms with Crippen LogP contribution in [0.1, 0.15) is 17.5 Å². The molecular formula is C11H10ClF3O2. The van der Waals surface area contributed by atoms with Crippen molar-refractivity contribution in [2.24, 2.45) is 0 Å². The molecule has 1 rings (SSSR count). The summed E-state index contributed by atoms with van der Waals surface area (Å²) in [5.74, 6) is -5.70. The third-order valence-electron chi connectivity index (χ3n) is 2.19. The van der Waals surface area contributed by atoms with Gasteiger partial charge in [0.1, 0.15) is 12.2 Å². The lowest BCUT2D eigenvalue weighted by Crippen LogP contribution is -2.24. The molecule has 0 bridgehead atoms. The fourth-order valence-corrected chi connectivity index (χ4v) is 1.67. The average molecular weight is 267 g/mol. The average Bonchev–Trinajstić information content (AvgIpc) is 2.11. The molecule has 0 aliphatic heterocycles. The van der Waals surface area contributed by atoms with Crippen molar-refractivity contribution in [2.75, 3.05) is 0 Å². The smallest absolute Gasteiger partial charge is 0.309 e. The summed E-state index contributed by atoms with van der Waals surface area (Å²) < 4.78 is 39.6. The van der Waals surface area contributed by atoms with Gasteiger partial charge in [0, 0.05) is 11.4 Å². The number of benzene rings is 1. The van der Waals surface area contributed by atoms with Gasteiger partial charge in [-0.2, -0.15) is 0 Å². The molecule has 0 aliphatic rings. The van der Waals surface area contributed by atoms with Gasteiger partial charge in [-0.05, 0) is 30.2 Å². The monoisotopic (exact) mass is 266 g/mol. The van der Waals surface area contributed by atoms with E-state index in [4.69, 9.17) is 16.7 Å². The van der Waals surface area contributed by atoms with Gasteiger partial charge in [0.05, 0.1) is 0 Å². The molecule has 17 heavy (non-hydrogen) atoms. The third-order valence-corrected chi connectivity index (χ3v) is 2.54. The summed E-state index contributed by atoms with van der Waals surface area (Å²) in [5, 5.41) is 8.32. The maximum atomic E-state index is 13.2. The van der Waals surface area contributed by atoms with Crippen LogP contribution in [0.15, 0.2) is 12.1 Å². The zero-order valence-electron chi connectivity index (χ0n) is 8.94. The quantitative estimate of drug-likeness (QED) is 0.906. The van der Waals surface area contributed by atoms with Crippen molar-refractivity contribution in [1.82, 2.24) is 0 Å². The van der Waals surface area contributed by atoms with Gasteiger partial charge in [0.15, 0.2) is 0 Å². The van der Waals surface area contributed by atoms with E-state index in [9.17, 15) is 18.0 Å². The molecule has 0 heterocycles. The molecule has 0 unspecified atom stereocenters. The van der Waals surface area contributed by atoms with E-state index in [0.29, 0.717) is 0 Å². The maximum absolute atomic E-state index is 13.2. The van der Waals surface area contributed by atoms with Crippen LogP contribution in [0.3, 0.4) is 0 Å². The Morgan fingerprint density at radius 1 is 1.47 bits per heavy atom. The number of alkyl halides is 2. The minimum atomic E-state index is -3.45. The Labute approximate surface area is 101 Å². The van der Waals surface area contributed by atoms with E-state index in [0.717, 1.165) is 6.07 Å². The summed E-state index contributed by atoms with van der Waals surface area (Å²) in [7, 11) is 0. The van der Waals surface area contributed by atoms with E-state index in [-0.39, 0.29) is 16.1 Å². The van der Waals surface area contributed by atoms with Crippen LogP contribution in [0.5, 0.6) is 0 Å². The van der Waals surface area contributed by atoms with E-state index in [2.05, 4.69) is 0 Å². The first-order chi connectivity index (χ1) is 7.71. The summed E-state index contributed by atoms with van der Waals surface area (Å²) in [6.45, 7) is 1.46. The molecule has 0 aromatic heterocycles. The van der Waals surface area contributed by atoms with Gasteiger partial charge in [-0.15, -0.1) is 0 Å². The molecule has 0 radical (unpaired) electrons. The van der Waals surface area contributed by atoms with Crippen molar-refractivity contribution in [3.63, 3.8) is 0 Å². The van der Waals surface area contributed by atoms with Crippen LogP contribution in [0.2, 0.25) is 5.02 Å². The number of carboxylic acid groups (broad SMARTS) is 1. The van der Waals surface area contributed by atoms with Gasteiger partial charge in [0.2, 0.25) is 0 Å². The first-order valence-corrected chi connectivity index (χ1v) is 5.13. The Morgan fingerprint density at radius 3 is 2.59 bits per heavy atom. The molecule has 0 amide bonds. The Bertz CT molecular complexity index is 447. The fraction of sp³-hybridized carbons (Fsp3) is 0.364. The van der Waals surface area contributed by atoms with Crippen molar-refractivity contribution >= 4 is 17.6 Å². The van der Waals surface area contributed by atoms with Crippen LogP contribution in [0.4, 0.5) is 13.2 Å². The van der Waals surface area contributed by atoms with Crippen LogP contribution in [0.25, 0.3) is 0 Å². The van der Waals surface area contributed by atoms with Gasteiger partial charge < -0.3 is 5.11 Å². The molecule has 0 aliphatic carbocycles. The lowest BCUT2D eigenvalue weighted by Gasteiger charge is -2.15. The Kier molecular flexibility index (Phi) is 4.03. The number of aryl methyl sites for hydroxylation is 1. The first-order valence-electron chi connectivity index (χ1n) is 4.75. The zero-order chi connectivity index (χ0) is 13.2. The van der Waals surface area contributed by atoms with Gasteiger partial charge in [-0.1, -0.05) is 11.6 Å². The summed E-state index contributed by atoms with van der Waals surface area (Å²) in [6, 6.07) is 2.15. The van der Waals surface area contributed by atoms with E-state index >= 15 is 0 Å². The number of hydrogen-bond donors (Lipinski definition) is 1. The second kappa shape index (κ2) is 4.96. The summed E-state index contributed by atoms with van der Waals surface area (Å²) >= 11 is 5.70. The first kappa shape index (κ1) is 13.8. The number of carbonyl (C=O) groups is 1. The van der Waals surface area contributed by atoms with Crippen LogP contribution in [-0.2, 0) is 11.2 Å². The maximum Gasteiger partial charge on any atom is 0.309 e. The summed E-state index contributed by atoms with van der Waals surface area (Å²) in [5.41, 5.74) is 0.154. The highest BCUT2D eigenvalue weighted by molar-refractivity contribution is 6.31. The highest BCUT2D eigenvalue weighted by Gasteiger charge is 2.33. The lowest BCUT2D eigenvalue weighted by atomic mass is 10.0. The van der Waals surface area contributed by atoms with Crippen LogP contribution < -0.4 is 0 Å². The van der Waals surface area contributed by atoms with Crippen molar-refractivity contribution in [3.8, 4) is 0 Å². The van der Waals surface area contributed by atoms with Crippen molar-refractivity contribution in [2.45, 2.75) is 25.7 Å². The summed E-state index contributed by atoms with van der Waals surface area (Å²) in [4.78, 5) is 10.2. The van der Waals surface area contributed by atoms with Gasteiger partial charge in [-0.3, -0.25) is 4.79 Å². The molecule has 0 fully saturated rings. The SMILES string of the molecule is Cc1cc(Cl)c(CC(F)(F)CC(=O)O)cc1F. The number of halogens is 4. The number of carboxylic acids is 1. The van der Waals surface area contributed by atoms with Crippen molar-refractivity contribution in [3.05, 3.63) is 34.1 Å². The minimum absolute atomic E-state index is 0.00830. The highest BCUT2D eigenvalue weighted by atomic mass is 35.5. The van der Waals surface area contributed by atoms with Crippen molar-refractivity contribution < 1.29 is 23.1 Å². The van der Waals surface area contributed by atoms with E-state index < -0.39 is 30.6 Å². The molecule has 1 aromatic rings. The van der Waals surface area contributed by atoms with Gasteiger partial charge in [0.25, 0.3) is 5.92 Å². The standard InChI is InChI=1S/C11H10ClF3O2/c1-6-2-8(12)7(3-9(6)13)4-11(14,15)5-10(16)17/h2-3H,4-5H2,1H3,(H,16,17). The van der Waals surface area contributed by atoms with Crippen LogP contribution in [0, 0.1) is 12.7 Å².